The predicted molar refractivity (Wildman–Crippen MR) is 80.8 cm³/mol. The van der Waals surface area contributed by atoms with E-state index < -0.39 is 11.7 Å². The maximum Gasteiger partial charge on any atom is 0.416 e. The Morgan fingerprint density at radius 3 is 2.33 bits per heavy atom. The Bertz CT molecular complexity index is 616. The summed E-state index contributed by atoms with van der Waals surface area (Å²) in [6.07, 6.45) is -4.30. The zero-order valence-electron chi connectivity index (χ0n) is 12.2. The van der Waals surface area contributed by atoms with Crippen LogP contribution in [0.2, 0.25) is 0 Å². The van der Waals surface area contributed by atoms with Crippen molar-refractivity contribution in [1.82, 2.24) is 5.32 Å². The van der Waals surface area contributed by atoms with Gasteiger partial charge in [0.15, 0.2) is 0 Å². The van der Waals surface area contributed by atoms with Crippen LogP contribution in [0, 0.1) is 13.8 Å². The summed E-state index contributed by atoms with van der Waals surface area (Å²) in [6.45, 7) is 6.50. The van der Waals surface area contributed by atoms with Gasteiger partial charge >= 0.3 is 6.18 Å². The van der Waals surface area contributed by atoms with E-state index in [9.17, 15) is 13.2 Å². The Labute approximate surface area is 126 Å². The van der Waals surface area contributed by atoms with Gasteiger partial charge in [0.2, 0.25) is 0 Å². The van der Waals surface area contributed by atoms with E-state index in [0.29, 0.717) is 5.56 Å². The van der Waals surface area contributed by atoms with Crippen molar-refractivity contribution >= 4 is 11.3 Å². The molecular weight excluding hydrogens is 295 g/mol. The molecule has 1 unspecified atom stereocenters. The summed E-state index contributed by atoms with van der Waals surface area (Å²) >= 11 is 1.66. The number of alkyl halides is 3. The van der Waals surface area contributed by atoms with Crippen LogP contribution in [0.25, 0.3) is 0 Å². The molecule has 1 aromatic heterocycles. The third-order valence-corrected chi connectivity index (χ3v) is 4.43. The van der Waals surface area contributed by atoms with E-state index >= 15 is 0 Å². The highest BCUT2D eigenvalue weighted by Crippen LogP contribution is 2.34. The third-order valence-electron chi connectivity index (χ3n) is 3.36. The molecule has 1 heterocycles. The van der Waals surface area contributed by atoms with Gasteiger partial charge in [-0.25, -0.2) is 0 Å². The molecular formula is C16H18F3NS. The monoisotopic (exact) mass is 313 g/mol. The lowest BCUT2D eigenvalue weighted by molar-refractivity contribution is -0.137. The molecule has 2 aromatic rings. The molecule has 2 rings (SSSR count). The Morgan fingerprint density at radius 2 is 1.86 bits per heavy atom. The number of aryl methyl sites for hydroxylation is 2. The largest absolute Gasteiger partial charge is 0.416 e. The average molecular weight is 313 g/mol. The van der Waals surface area contributed by atoms with E-state index in [1.54, 1.807) is 24.3 Å². The van der Waals surface area contributed by atoms with Gasteiger partial charge in [-0.05, 0) is 55.8 Å². The van der Waals surface area contributed by atoms with Crippen molar-refractivity contribution in [3.05, 3.63) is 56.8 Å². The molecule has 1 atom stereocenters. The first kappa shape index (κ1) is 16.0. The summed E-state index contributed by atoms with van der Waals surface area (Å²) in [5, 5.41) is 3.36. The van der Waals surface area contributed by atoms with Gasteiger partial charge in [0, 0.05) is 9.75 Å². The summed E-state index contributed by atoms with van der Waals surface area (Å²) in [7, 11) is 0. The molecule has 0 saturated heterocycles. The van der Waals surface area contributed by atoms with E-state index in [1.165, 1.54) is 10.9 Å². The molecule has 0 spiro atoms. The van der Waals surface area contributed by atoms with Crippen molar-refractivity contribution in [2.24, 2.45) is 0 Å². The van der Waals surface area contributed by atoms with Crippen LogP contribution in [0.1, 0.15) is 39.4 Å². The SMILES string of the molecule is CCNC(c1ccc(C)s1)c1ccc(C(F)(F)F)cc1C. The van der Waals surface area contributed by atoms with Gasteiger partial charge in [-0.3, -0.25) is 0 Å². The molecule has 0 saturated carbocycles. The molecule has 5 heteroatoms. The van der Waals surface area contributed by atoms with Crippen molar-refractivity contribution in [3.63, 3.8) is 0 Å². The van der Waals surface area contributed by atoms with Crippen LogP contribution >= 0.6 is 11.3 Å². The van der Waals surface area contributed by atoms with E-state index in [-0.39, 0.29) is 6.04 Å². The first-order chi connectivity index (χ1) is 9.82. The molecule has 0 aliphatic carbocycles. The van der Waals surface area contributed by atoms with E-state index in [0.717, 1.165) is 23.1 Å². The molecule has 0 aliphatic rings. The fraction of sp³-hybridized carbons (Fsp3) is 0.375. The summed E-state index contributed by atoms with van der Waals surface area (Å²) in [5.41, 5.74) is 0.954. The van der Waals surface area contributed by atoms with Crippen LogP contribution in [-0.2, 0) is 6.18 Å². The number of hydrogen-bond donors (Lipinski definition) is 1. The zero-order chi connectivity index (χ0) is 15.6. The maximum atomic E-state index is 12.8. The lowest BCUT2D eigenvalue weighted by atomic mass is 9.97. The Hall–Kier alpha value is -1.33. The minimum absolute atomic E-state index is 0.0593. The van der Waals surface area contributed by atoms with Crippen LogP contribution in [0.4, 0.5) is 13.2 Å². The predicted octanol–water partition coefficient (Wildman–Crippen LogP) is 5.08. The molecule has 0 bridgehead atoms. The lowest BCUT2D eigenvalue weighted by Gasteiger charge is -2.20. The van der Waals surface area contributed by atoms with Gasteiger partial charge < -0.3 is 5.32 Å². The van der Waals surface area contributed by atoms with Crippen LogP contribution in [0.3, 0.4) is 0 Å². The summed E-state index contributed by atoms with van der Waals surface area (Å²) in [6, 6.07) is 7.97. The second-order valence-corrected chi connectivity index (χ2v) is 6.33. The van der Waals surface area contributed by atoms with Crippen LogP contribution < -0.4 is 5.32 Å². The van der Waals surface area contributed by atoms with Crippen LogP contribution in [-0.4, -0.2) is 6.54 Å². The van der Waals surface area contributed by atoms with E-state index in [4.69, 9.17) is 0 Å². The lowest BCUT2D eigenvalue weighted by Crippen LogP contribution is -2.22. The van der Waals surface area contributed by atoms with E-state index in [1.807, 2.05) is 26.0 Å². The van der Waals surface area contributed by atoms with Gasteiger partial charge in [-0.2, -0.15) is 13.2 Å². The highest BCUT2D eigenvalue weighted by atomic mass is 32.1. The van der Waals surface area contributed by atoms with Crippen molar-refractivity contribution in [1.29, 1.82) is 0 Å². The van der Waals surface area contributed by atoms with Gasteiger partial charge in [0.25, 0.3) is 0 Å². The van der Waals surface area contributed by atoms with Gasteiger partial charge in [-0.15, -0.1) is 11.3 Å². The van der Waals surface area contributed by atoms with Crippen molar-refractivity contribution in [2.45, 2.75) is 33.0 Å². The number of hydrogen-bond acceptors (Lipinski definition) is 2. The summed E-state index contributed by atoms with van der Waals surface area (Å²) < 4.78 is 38.3. The Morgan fingerprint density at radius 1 is 1.14 bits per heavy atom. The molecule has 114 valence electrons. The second-order valence-electron chi connectivity index (χ2n) is 5.01. The van der Waals surface area contributed by atoms with Gasteiger partial charge in [0.1, 0.15) is 0 Å². The molecule has 1 nitrogen and oxygen atoms in total. The number of benzene rings is 1. The fourth-order valence-corrected chi connectivity index (χ4v) is 3.32. The van der Waals surface area contributed by atoms with Crippen molar-refractivity contribution in [3.8, 4) is 0 Å². The third kappa shape index (κ3) is 3.66. The van der Waals surface area contributed by atoms with Gasteiger partial charge in [-0.1, -0.05) is 13.0 Å². The normalized spacial score (nSPS) is 13.4. The fourth-order valence-electron chi connectivity index (χ4n) is 2.35. The number of nitrogens with one attached hydrogen (secondary N) is 1. The average Bonchev–Trinajstić information content (AvgIpc) is 2.82. The quantitative estimate of drug-likeness (QED) is 0.829. The number of halogens is 3. The zero-order valence-corrected chi connectivity index (χ0v) is 13.0. The minimum Gasteiger partial charge on any atom is -0.306 e. The first-order valence-corrected chi connectivity index (χ1v) is 7.62. The second kappa shape index (κ2) is 6.20. The first-order valence-electron chi connectivity index (χ1n) is 6.80. The molecule has 1 N–H and O–H groups in total. The maximum absolute atomic E-state index is 12.8. The minimum atomic E-state index is -4.30. The molecule has 0 aliphatic heterocycles. The highest BCUT2D eigenvalue weighted by Gasteiger charge is 2.31. The standard InChI is InChI=1S/C16H18F3NS/c1-4-20-15(14-8-5-11(3)21-14)13-7-6-12(9-10(13)2)16(17,18)19/h5-9,15,20H,4H2,1-3H3. The van der Waals surface area contributed by atoms with Crippen molar-refractivity contribution in [2.75, 3.05) is 6.54 Å². The van der Waals surface area contributed by atoms with E-state index in [2.05, 4.69) is 5.32 Å². The summed E-state index contributed by atoms with van der Waals surface area (Å²) in [5.74, 6) is 0. The van der Waals surface area contributed by atoms with Crippen LogP contribution in [0.5, 0.6) is 0 Å². The smallest absolute Gasteiger partial charge is 0.306 e. The Kier molecular flexibility index (Phi) is 4.74. The topological polar surface area (TPSA) is 12.0 Å². The molecule has 1 aromatic carbocycles. The molecule has 0 fully saturated rings. The summed E-state index contributed by atoms with van der Waals surface area (Å²) in [4.78, 5) is 2.31. The molecule has 0 amide bonds. The van der Waals surface area contributed by atoms with Gasteiger partial charge in [0.05, 0.1) is 11.6 Å². The number of rotatable bonds is 4. The van der Waals surface area contributed by atoms with Crippen molar-refractivity contribution < 1.29 is 13.2 Å². The molecule has 0 radical (unpaired) electrons. The highest BCUT2D eigenvalue weighted by molar-refractivity contribution is 7.12. The number of thiophene rings is 1. The molecule has 21 heavy (non-hydrogen) atoms. The Balaban J connectivity index is 2.42. The van der Waals surface area contributed by atoms with Crippen LogP contribution in [0.15, 0.2) is 30.3 Å².